The molecular formula is C17H33N3O3. The number of ether oxygens (including phenoxy) is 1. The fourth-order valence-electron chi connectivity index (χ4n) is 3.01. The summed E-state index contributed by atoms with van der Waals surface area (Å²) in [4.78, 5) is 26.3. The number of nitrogens with zero attached hydrogens (tertiary/aromatic N) is 1. The number of hydrogen-bond donors (Lipinski definition) is 2. The topological polar surface area (TPSA) is 70.7 Å². The molecule has 0 aliphatic carbocycles. The Morgan fingerprint density at radius 3 is 2.52 bits per heavy atom. The first-order valence-corrected chi connectivity index (χ1v) is 8.69. The zero-order valence-corrected chi connectivity index (χ0v) is 15.2. The standard InChI is InChI=1S/C17H33N3O3/c1-12(2)9-15(19-17(22)23-5)16(21)18-10-14-7-6-8-20(11-14)13(3)4/h12-15H,6-11H2,1-5H3,(H,18,21)(H,19,22)/t14-,15+/m1/s1. The Kier molecular flexibility index (Phi) is 8.37. The van der Waals surface area contributed by atoms with E-state index in [9.17, 15) is 9.59 Å². The number of amides is 2. The lowest BCUT2D eigenvalue weighted by Gasteiger charge is -2.35. The van der Waals surface area contributed by atoms with E-state index in [1.54, 1.807) is 0 Å². The Labute approximate surface area is 140 Å². The summed E-state index contributed by atoms with van der Waals surface area (Å²) in [5.74, 6) is 0.674. The molecule has 1 aliphatic rings. The lowest BCUT2D eigenvalue weighted by atomic mass is 9.96. The van der Waals surface area contributed by atoms with Crippen molar-refractivity contribution in [1.82, 2.24) is 15.5 Å². The van der Waals surface area contributed by atoms with Crippen molar-refractivity contribution < 1.29 is 14.3 Å². The molecule has 23 heavy (non-hydrogen) atoms. The molecule has 1 fully saturated rings. The van der Waals surface area contributed by atoms with E-state index in [4.69, 9.17) is 0 Å². The van der Waals surface area contributed by atoms with Gasteiger partial charge in [0.1, 0.15) is 6.04 Å². The average Bonchev–Trinajstić information content (AvgIpc) is 2.51. The van der Waals surface area contributed by atoms with Crippen molar-refractivity contribution >= 4 is 12.0 Å². The smallest absolute Gasteiger partial charge is 0.407 e. The lowest BCUT2D eigenvalue weighted by Crippen LogP contribution is -2.50. The maximum atomic E-state index is 12.4. The number of carbonyl (C=O) groups excluding carboxylic acids is 2. The first-order chi connectivity index (χ1) is 10.8. The number of piperidine rings is 1. The van der Waals surface area contributed by atoms with E-state index in [-0.39, 0.29) is 5.91 Å². The zero-order valence-electron chi connectivity index (χ0n) is 15.2. The van der Waals surface area contributed by atoms with Crippen LogP contribution in [0.15, 0.2) is 0 Å². The molecule has 1 saturated heterocycles. The van der Waals surface area contributed by atoms with Crippen molar-refractivity contribution in [2.24, 2.45) is 11.8 Å². The van der Waals surface area contributed by atoms with Gasteiger partial charge >= 0.3 is 6.09 Å². The zero-order chi connectivity index (χ0) is 17.4. The van der Waals surface area contributed by atoms with E-state index in [1.807, 2.05) is 13.8 Å². The summed E-state index contributed by atoms with van der Waals surface area (Å²) in [5.41, 5.74) is 0. The molecule has 6 nitrogen and oxygen atoms in total. The van der Waals surface area contributed by atoms with Gasteiger partial charge in [0.05, 0.1) is 7.11 Å². The van der Waals surface area contributed by atoms with Crippen LogP contribution in [0.25, 0.3) is 0 Å². The highest BCUT2D eigenvalue weighted by Gasteiger charge is 2.25. The number of likely N-dealkylation sites (tertiary alicyclic amines) is 1. The molecule has 1 aliphatic heterocycles. The molecule has 0 aromatic heterocycles. The average molecular weight is 327 g/mol. The number of carbonyl (C=O) groups is 2. The van der Waals surface area contributed by atoms with Gasteiger partial charge in [0, 0.05) is 19.1 Å². The predicted molar refractivity (Wildman–Crippen MR) is 91.2 cm³/mol. The Morgan fingerprint density at radius 1 is 1.26 bits per heavy atom. The molecule has 1 heterocycles. The second-order valence-electron chi connectivity index (χ2n) is 7.16. The molecular weight excluding hydrogens is 294 g/mol. The van der Waals surface area contributed by atoms with Crippen LogP contribution in [0.1, 0.15) is 47.0 Å². The van der Waals surface area contributed by atoms with Crippen molar-refractivity contribution in [3.63, 3.8) is 0 Å². The van der Waals surface area contributed by atoms with Crippen molar-refractivity contribution in [3.05, 3.63) is 0 Å². The third kappa shape index (κ3) is 7.20. The van der Waals surface area contributed by atoms with E-state index in [0.29, 0.717) is 30.8 Å². The fourth-order valence-corrected chi connectivity index (χ4v) is 3.01. The Hall–Kier alpha value is -1.30. The Bertz CT molecular complexity index is 385. The first-order valence-electron chi connectivity index (χ1n) is 8.69. The molecule has 0 saturated carbocycles. The largest absolute Gasteiger partial charge is 0.453 e. The van der Waals surface area contributed by atoms with Gasteiger partial charge in [-0.2, -0.15) is 0 Å². The van der Waals surface area contributed by atoms with Crippen LogP contribution in [0, 0.1) is 11.8 Å². The SMILES string of the molecule is COC(=O)N[C@@H](CC(C)C)C(=O)NC[C@H]1CCCN(C(C)C)C1. The molecule has 1 rings (SSSR count). The second-order valence-corrected chi connectivity index (χ2v) is 7.16. The van der Waals surface area contributed by atoms with Gasteiger partial charge in [-0.15, -0.1) is 0 Å². The highest BCUT2D eigenvalue weighted by Crippen LogP contribution is 2.17. The van der Waals surface area contributed by atoms with E-state index in [1.165, 1.54) is 13.5 Å². The van der Waals surface area contributed by atoms with Crippen LogP contribution >= 0.6 is 0 Å². The van der Waals surface area contributed by atoms with Crippen molar-refractivity contribution in [1.29, 1.82) is 0 Å². The molecule has 0 radical (unpaired) electrons. The van der Waals surface area contributed by atoms with Crippen LogP contribution in [0.2, 0.25) is 0 Å². The third-order valence-corrected chi connectivity index (χ3v) is 4.35. The molecule has 0 aromatic rings. The summed E-state index contributed by atoms with van der Waals surface area (Å²) in [6.07, 6.45) is 2.36. The van der Waals surface area contributed by atoms with Gasteiger partial charge in [-0.1, -0.05) is 13.8 Å². The molecule has 0 spiro atoms. The molecule has 2 amide bonds. The van der Waals surface area contributed by atoms with Gasteiger partial charge in [-0.3, -0.25) is 4.79 Å². The number of alkyl carbamates (subject to hydrolysis) is 1. The number of nitrogens with one attached hydrogen (secondary N) is 2. The highest BCUT2D eigenvalue weighted by atomic mass is 16.5. The monoisotopic (exact) mass is 327 g/mol. The van der Waals surface area contributed by atoms with Crippen LogP contribution in [-0.4, -0.2) is 55.7 Å². The molecule has 2 atom stereocenters. The van der Waals surface area contributed by atoms with Gasteiger partial charge in [0.15, 0.2) is 0 Å². The van der Waals surface area contributed by atoms with Gasteiger partial charge in [-0.05, 0) is 51.5 Å². The van der Waals surface area contributed by atoms with Crippen LogP contribution < -0.4 is 10.6 Å². The van der Waals surface area contributed by atoms with Gasteiger partial charge < -0.3 is 20.3 Å². The van der Waals surface area contributed by atoms with Gasteiger partial charge in [0.25, 0.3) is 0 Å². The number of methoxy groups -OCH3 is 1. The summed E-state index contributed by atoms with van der Waals surface area (Å²) < 4.78 is 4.61. The quantitative estimate of drug-likeness (QED) is 0.750. The predicted octanol–water partition coefficient (Wildman–Crippen LogP) is 1.99. The van der Waals surface area contributed by atoms with Crippen molar-refractivity contribution in [2.75, 3.05) is 26.7 Å². The third-order valence-electron chi connectivity index (χ3n) is 4.35. The maximum Gasteiger partial charge on any atom is 0.407 e. The van der Waals surface area contributed by atoms with Gasteiger partial charge in [0.2, 0.25) is 5.91 Å². The van der Waals surface area contributed by atoms with E-state index in [0.717, 1.165) is 19.5 Å². The van der Waals surface area contributed by atoms with E-state index < -0.39 is 12.1 Å². The van der Waals surface area contributed by atoms with Crippen molar-refractivity contribution in [3.8, 4) is 0 Å². The minimum Gasteiger partial charge on any atom is -0.453 e. The molecule has 0 aromatic carbocycles. The minimum absolute atomic E-state index is 0.120. The summed E-state index contributed by atoms with van der Waals surface area (Å²) in [7, 11) is 1.31. The van der Waals surface area contributed by atoms with Crippen LogP contribution in [0.5, 0.6) is 0 Å². The maximum absolute atomic E-state index is 12.4. The minimum atomic E-state index is -0.561. The second kappa shape index (κ2) is 9.75. The van der Waals surface area contributed by atoms with Crippen LogP contribution in [0.4, 0.5) is 4.79 Å². The lowest BCUT2D eigenvalue weighted by molar-refractivity contribution is -0.123. The number of hydrogen-bond acceptors (Lipinski definition) is 4. The number of rotatable bonds is 7. The fraction of sp³-hybridized carbons (Fsp3) is 0.882. The Balaban J connectivity index is 2.49. The molecule has 0 unspecified atom stereocenters. The first kappa shape index (κ1) is 19.7. The van der Waals surface area contributed by atoms with E-state index in [2.05, 4.69) is 34.1 Å². The summed E-state index contributed by atoms with van der Waals surface area (Å²) >= 11 is 0. The molecule has 0 bridgehead atoms. The van der Waals surface area contributed by atoms with Crippen LogP contribution in [-0.2, 0) is 9.53 Å². The van der Waals surface area contributed by atoms with Crippen molar-refractivity contribution in [2.45, 2.75) is 59.0 Å². The van der Waals surface area contributed by atoms with Gasteiger partial charge in [-0.25, -0.2) is 4.79 Å². The summed E-state index contributed by atoms with van der Waals surface area (Å²) in [6, 6.07) is 0.00965. The molecule has 6 heteroatoms. The Morgan fingerprint density at radius 2 is 1.96 bits per heavy atom. The molecule has 2 N–H and O–H groups in total. The normalized spacial score (nSPS) is 20.4. The highest BCUT2D eigenvalue weighted by molar-refractivity contribution is 5.85. The molecule has 134 valence electrons. The summed E-state index contributed by atoms with van der Waals surface area (Å²) in [6.45, 7) is 11.3. The summed E-state index contributed by atoms with van der Waals surface area (Å²) in [5, 5.41) is 5.64. The van der Waals surface area contributed by atoms with Crippen LogP contribution in [0.3, 0.4) is 0 Å². The van der Waals surface area contributed by atoms with E-state index >= 15 is 0 Å².